The number of hydrogen-bond acceptors (Lipinski definition) is 5. The molecule has 1 aliphatic rings. The highest BCUT2D eigenvalue weighted by atomic mass is 16.2. The molecule has 1 aromatic heterocycles. The molecule has 0 atom stereocenters. The van der Waals surface area contributed by atoms with Crippen molar-refractivity contribution in [2.45, 2.75) is 26.3 Å². The van der Waals surface area contributed by atoms with Crippen LogP contribution in [0.4, 0.5) is 16.2 Å². The zero-order valence-corrected chi connectivity index (χ0v) is 15.8. The minimum atomic E-state index is -0.238. The first kappa shape index (κ1) is 18.0. The first-order chi connectivity index (χ1) is 13.7. The molecule has 8 nitrogen and oxygen atoms in total. The van der Waals surface area contributed by atoms with Crippen LogP contribution >= 0.6 is 0 Å². The number of anilines is 2. The Labute approximate surface area is 163 Å². The number of benzene rings is 2. The summed E-state index contributed by atoms with van der Waals surface area (Å²) in [6.45, 7) is 4.53. The van der Waals surface area contributed by atoms with Gasteiger partial charge in [0.2, 0.25) is 0 Å². The van der Waals surface area contributed by atoms with Crippen LogP contribution in [-0.4, -0.2) is 39.3 Å². The van der Waals surface area contributed by atoms with Gasteiger partial charge in [0.25, 0.3) is 0 Å². The van der Waals surface area contributed by atoms with Gasteiger partial charge in [-0.1, -0.05) is 12.1 Å². The van der Waals surface area contributed by atoms with Gasteiger partial charge in [-0.15, -0.1) is 5.10 Å². The molecule has 0 radical (unpaired) electrons. The topological polar surface area (TPSA) is 88.0 Å². The molecule has 0 bridgehead atoms. The van der Waals surface area contributed by atoms with Crippen molar-refractivity contribution < 1.29 is 4.79 Å². The summed E-state index contributed by atoms with van der Waals surface area (Å²) in [7, 11) is 0. The zero-order valence-electron chi connectivity index (χ0n) is 15.8. The SMILES string of the molecule is Cc1nnnn1-c1ccc(NC(=O)NCc2cccc(N3CCCC3)c2)cc1. The monoisotopic (exact) mass is 377 g/mol. The van der Waals surface area contributed by atoms with Gasteiger partial charge in [-0.05, 0) is 72.2 Å². The third-order valence-electron chi connectivity index (χ3n) is 4.83. The number of rotatable bonds is 5. The summed E-state index contributed by atoms with van der Waals surface area (Å²) in [4.78, 5) is 14.6. The number of urea groups is 1. The Hall–Kier alpha value is -3.42. The highest BCUT2D eigenvalue weighted by Gasteiger charge is 2.12. The van der Waals surface area contributed by atoms with E-state index < -0.39 is 0 Å². The summed E-state index contributed by atoms with van der Waals surface area (Å²) in [5.41, 5.74) is 3.86. The fourth-order valence-corrected chi connectivity index (χ4v) is 3.35. The van der Waals surface area contributed by atoms with Crippen molar-refractivity contribution in [3.63, 3.8) is 0 Å². The average Bonchev–Trinajstić information content (AvgIpc) is 3.39. The number of nitrogens with zero attached hydrogens (tertiary/aromatic N) is 5. The van der Waals surface area contributed by atoms with Gasteiger partial charge in [0.1, 0.15) is 0 Å². The van der Waals surface area contributed by atoms with Crippen LogP contribution in [0.5, 0.6) is 0 Å². The van der Waals surface area contributed by atoms with E-state index in [0.717, 1.165) is 24.3 Å². The second kappa shape index (κ2) is 8.08. The molecule has 1 aliphatic heterocycles. The summed E-state index contributed by atoms with van der Waals surface area (Å²) < 4.78 is 1.64. The molecule has 0 unspecified atom stereocenters. The second-order valence-corrected chi connectivity index (χ2v) is 6.86. The van der Waals surface area contributed by atoms with Crippen LogP contribution < -0.4 is 15.5 Å². The minimum absolute atomic E-state index is 0.238. The van der Waals surface area contributed by atoms with Crippen LogP contribution in [0.3, 0.4) is 0 Å². The third kappa shape index (κ3) is 4.11. The van der Waals surface area contributed by atoms with Crippen molar-refractivity contribution in [3.8, 4) is 5.69 Å². The highest BCUT2D eigenvalue weighted by Crippen LogP contribution is 2.21. The summed E-state index contributed by atoms with van der Waals surface area (Å²) in [5, 5.41) is 17.2. The first-order valence-corrected chi connectivity index (χ1v) is 9.43. The number of aryl methyl sites for hydroxylation is 1. The molecular formula is C20H23N7O. The molecule has 0 spiro atoms. The maximum absolute atomic E-state index is 12.2. The molecule has 2 amide bonds. The van der Waals surface area contributed by atoms with Gasteiger partial charge in [-0.3, -0.25) is 0 Å². The Kier molecular flexibility index (Phi) is 5.18. The van der Waals surface area contributed by atoms with Crippen LogP contribution in [-0.2, 0) is 6.54 Å². The van der Waals surface area contributed by atoms with Crippen molar-refractivity contribution >= 4 is 17.4 Å². The van der Waals surface area contributed by atoms with Gasteiger partial charge in [0.05, 0.1) is 5.69 Å². The normalized spacial score (nSPS) is 13.5. The summed E-state index contributed by atoms with van der Waals surface area (Å²) in [6, 6.07) is 15.5. The van der Waals surface area contributed by atoms with E-state index in [0.29, 0.717) is 18.1 Å². The number of carbonyl (C=O) groups is 1. The van der Waals surface area contributed by atoms with E-state index in [4.69, 9.17) is 0 Å². The molecule has 144 valence electrons. The van der Waals surface area contributed by atoms with E-state index in [1.54, 1.807) is 4.68 Å². The molecule has 8 heteroatoms. The van der Waals surface area contributed by atoms with Crippen molar-refractivity contribution in [1.82, 2.24) is 25.5 Å². The Morgan fingerprint density at radius 3 is 2.57 bits per heavy atom. The van der Waals surface area contributed by atoms with Crippen molar-refractivity contribution in [3.05, 3.63) is 59.9 Å². The molecule has 3 aromatic rings. The van der Waals surface area contributed by atoms with Gasteiger partial charge in [-0.2, -0.15) is 4.68 Å². The number of nitrogens with one attached hydrogen (secondary N) is 2. The minimum Gasteiger partial charge on any atom is -0.372 e. The number of hydrogen-bond donors (Lipinski definition) is 2. The lowest BCUT2D eigenvalue weighted by atomic mass is 10.2. The molecule has 2 aromatic carbocycles. The number of amides is 2. The predicted molar refractivity (Wildman–Crippen MR) is 108 cm³/mol. The molecule has 0 saturated carbocycles. The molecule has 2 N–H and O–H groups in total. The maximum atomic E-state index is 12.2. The Morgan fingerprint density at radius 2 is 1.86 bits per heavy atom. The van der Waals surface area contributed by atoms with Gasteiger partial charge in [-0.25, -0.2) is 4.79 Å². The number of carbonyl (C=O) groups excluding carboxylic acids is 1. The molecule has 28 heavy (non-hydrogen) atoms. The Morgan fingerprint density at radius 1 is 1.07 bits per heavy atom. The van der Waals surface area contributed by atoms with Crippen LogP contribution in [0.25, 0.3) is 5.69 Å². The van der Waals surface area contributed by atoms with E-state index in [-0.39, 0.29) is 6.03 Å². The third-order valence-corrected chi connectivity index (χ3v) is 4.83. The van der Waals surface area contributed by atoms with Crippen LogP contribution in [0.2, 0.25) is 0 Å². The van der Waals surface area contributed by atoms with Gasteiger partial charge >= 0.3 is 6.03 Å². The standard InChI is InChI=1S/C20H23N7O/c1-15-23-24-25-27(15)18-9-7-17(8-10-18)22-20(28)21-14-16-5-4-6-19(13-16)26-11-2-3-12-26/h4-10,13H,2-3,11-12,14H2,1H3,(H2,21,22,28). The smallest absolute Gasteiger partial charge is 0.319 e. The predicted octanol–water partition coefficient (Wildman–Crippen LogP) is 2.89. The summed E-state index contributed by atoms with van der Waals surface area (Å²) in [5.74, 6) is 0.703. The molecular weight excluding hydrogens is 354 g/mol. The van der Waals surface area contributed by atoms with Crippen LogP contribution in [0.1, 0.15) is 24.2 Å². The highest BCUT2D eigenvalue weighted by molar-refractivity contribution is 5.89. The van der Waals surface area contributed by atoms with Gasteiger partial charge in [0, 0.05) is 31.0 Å². The van der Waals surface area contributed by atoms with E-state index in [9.17, 15) is 4.79 Å². The quantitative estimate of drug-likeness (QED) is 0.714. The van der Waals surface area contributed by atoms with Crippen molar-refractivity contribution in [2.24, 2.45) is 0 Å². The lowest BCUT2D eigenvalue weighted by Gasteiger charge is -2.18. The average molecular weight is 377 g/mol. The largest absolute Gasteiger partial charge is 0.372 e. The fourth-order valence-electron chi connectivity index (χ4n) is 3.35. The maximum Gasteiger partial charge on any atom is 0.319 e. The Bertz CT molecular complexity index is 945. The van der Waals surface area contributed by atoms with E-state index in [2.05, 4.69) is 43.2 Å². The van der Waals surface area contributed by atoms with Crippen molar-refractivity contribution in [1.29, 1.82) is 0 Å². The zero-order chi connectivity index (χ0) is 19.3. The van der Waals surface area contributed by atoms with Crippen LogP contribution in [0.15, 0.2) is 48.5 Å². The number of tetrazole rings is 1. The molecule has 1 fully saturated rings. The molecule has 1 saturated heterocycles. The first-order valence-electron chi connectivity index (χ1n) is 9.43. The molecule has 2 heterocycles. The lowest BCUT2D eigenvalue weighted by molar-refractivity contribution is 0.251. The fraction of sp³-hybridized carbons (Fsp3) is 0.300. The van der Waals surface area contributed by atoms with E-state index in [1.165, 1.54) is 18.5 Å². The van der Waals surface area contributed by atoms with E-state index >= 15 is 0 Å². The van der Waals surface area contributed by atoms with Gasteiger partial charge < -0.3 is 15.5 Å². The van der Waals surface area contributed by atoms with E-state index in [1.807, 2.05) is 43.3 Å². The Balaban J connectivity index is 1.32. The van der Waals surface area contributed by atoms with Crippen molar-refractivity contribution in [2.75, 3.05) is 23.3 Å². The summed E-state index contributed by atoms with van der Waals surface area (Å²) >= 11 is 0. The second-order valence-electron chi connectivity index (χ2n) is 6.86. The lowest BCUT2D eigenvalue weighted by Crippen LogP contribution is -2.28. The van der Waals surface area contributed by atoms with Gasteiger partial charge in [0.15, 0.2) is 5.82 Å². The van der Waals surface area contributed by atoms with Crippen LogP contribution in [0, 0.1) is 6.92 Å². The molecule has 0 aliphatic carbocycles. The summed E-state index contributed by atoms with van der Waals surface area (Å²) in [6.07, 6.45) is 2.49. The molecule has 4 rings (SSSR count). The number of aromatic nitrogens is 4.